The summed E-state index contributed by atoms with van der Waals surface area (Å²) in [7, 11) is 1.83. The number of carbonyl (C=O) groups excluding carboxylic acids is 1. The highest BCUT2D eigenvalue weighted by molar-refractivity contribution is 5.80. The fourth-order valence-electron chi connectivity index (χ4n) is 3.47. The van der Waals surface area contributed by atoms with Gasteiger partial charge in [0, 0.05) is 46.3 Å². The number of likely N-dealkylation sites (tertiary alicyclic amines) is 1. The predicted molar refractivity (Wildman–Crippen MR) is 98.7 cm³/mol. The van der Waals surface area contributed by atoms with Gasteiger partial charge in [-0.05, 0) is 25.7 Å². The second-order valence-electron chi connectivity index (χ2n) is 6.96. The van der Waals surface area contributed by atoms with Gasteiger partial charge >= 0.3 is 5.97 Å². The molecule has 2 fully saturated rings. The van der Waals surface area contributed by atoms with Crippen molar-refractivity contribution < 1.29 is 14.3 Å². The summed E-state index contributed by atoms with van der Waals surface area (Å²) in [6.45, 7) is 12.0. The van der Waals surface area contributed by atoms with E-state index in [0.717, 1.165) is 71.3 Å². The van der Waals surface area contributed by atoms with Crippen LogP contribution in [0.4, 0.5) is 0 Å². The molecule has 0 amide bonds. The molecular weight excluding hydrogens is 320 g/mol. The molecule has 1 atom stereocenters. The first-order valence-corrected chi connectivity index (χ1v) is 9.56. The number of guanidine groups is 1. The van der Waals surface area contributed by atoms with Gasteiger partial charge in [0.1, 0.15) is 0 Å². The monoisotopic (exact) mass is 354 g/mol. The average Bonchev–Trinajstić information content (AvgIpc) is 2.64. The number of nitrogens with zero attached hydrogens (tertiary/aromatic N) is 3. The molecule has 0 spiro atoms. The highest BCUT2D eigenvalue weighted by atomic mass is 16.5. The van der Waals surface area contributed by atoms with Gasteiger partial charge < -0.3 is 19.7 Å². The first kappa shape index (κ1) is 20.0. The van der Waals surface area contributed by atoms with Crippen molar-refractivity contribution in [1.29, 1.82) is 0 Å². The number of esters is 1. The lowest BCUT2D eigenvalue weighted by atomic mass is 9.97. The van der Waals surface area contributed by atoms with E-state index in [2.05, 4.69) is 27.0 Å². The molecule has 0 saturated carbocycles. The minimum Gasteiger partial charge on any atom is -0.466 e. The van der Waals surface area contributed by atoms with Crippen molar-refractivity contribution in [3.63, 3.8) is 0 Å². The van der Waals surface area contributed by atoms with Crippen LogP contribution in [-0.4, -0.2) is 87.9 Å². The summed E-state index contributed by atoms with van der Waals surface area (Å²) >= 11 is 0. The lowest BCUT2D eigenvalue weighted by Gasteiger charge is -2.34. The number of hydrogen-bond donors (Lipinski definition) is 1. The molecule has 2 aliphatic rings. The zero-order chi connectivity index (χ0) is 18.1. The molecule has 2 aliphatic heterocycles. The van der Waals surface area contributed by atoms with Crippen molar-refractivity contribution in [2.75, 3.05) is 66.1 Å². The van der Waals surface area contributed by atoms with Gasteiger partial charge in [-0.15, -0.1) is 0 Å². The molecule has 0 radical (unpaired) electrons. The van der Waals surface area contributed by atoms with E-state index in [9.17, 15) is 4.79 Å². The van der Waals surface area contributed by atoms with Crippen LogP contribution >= 0.6 is 0 Å². The zero-order valence-electron chi connectivity index (χ0n) is 16.0. The number of aliphatic imine (C=N–C) groups is 1. The summed E-state index contributed by atoms with van der Waals surface area (Å²) in [6.07, 6.45) is 1.67. The fourth-order valence-corrected chi connectivity index (χ4v) is 3.47. The van der Waals surface area contributed by atoms with Crippen molar-refractivity contribution in [3.8, 4) is 0 Å². The summed E-state index contributed by atoms with van der Waals surface area (Å²) in [5.41, 5.74) is 0. The van der Waals surface area contributed by atoms with Crippen LogP contribution in [-0.2, 0) is 14.3 Å². The van der Waals surface area contributed by atoms with E-state index < -0.39 is 0 Å². The maximum absolute atomic E-state index is 11.8. The first-order valence-electron chi connectivity index (χ1n) is 9.56. The molecule has 0 aliphatic carbocycles. The van der Waals surface area contributed by atoms with Gasteiger partial charge in [-0.3, -0.25) is 14.7 Å². The van der Waals surface area contributed by atoms with Crippen LogP contribution in [0.25, 0.3) is 0 Å². The van der Waals surface area contributed by atoms with E-state index in [1.807, 2.05) is 14.0 Å². The molecule has 7 nitrogen and oxygen atoms in total. The maximum atomic E-state index is 11.8. The van der Waals surface area contributed by atoms with Crippen LogP contribution in [0.5, 0.6) is 0 Å². The van der Waals surface area contributed by atoms with Crippen molar-refractivity contribution in [2.24, 2.45) is 16.8 Å². The molecule has 0 aromatic rings. The molecule has 0 aromatic carbocycles. The van der Waals surface area contributed by atoms with Gasteiger partial charge in [0.25, 0.3) is 0 Å². The number of hydrogen-bond acceptors (Lipinski definition) is 5. The van der Waals surface area contributed by atoms with Crippen LogP contribution < -0.4 is 5.32 Å². The van der Waals surface area contributed by atoms with Crippen molar-refractivity contribution in [2.45, 2.75) is 26.7 Å². The minimum atomic E-state index is -0.0516. The molecule has 7 heteroatoms. The van der Waals surface area contributed by atoms with E-state index in [1.165, 1.54) is 0 Å². The van der Waals surface area contributed by atoms with Crippen LogP contribution in [0.15, 0.2) is 4.99 Å². The molecular formula is C18H34N4O3. The number of morpholine rings is 1. The van der Waals surface area contributed by atoms with Crippen LogP contribution in [0, 0.1) is 11.8 Å². The minimum absolute atomic E-state index is 0.0366. The Morgan fingerprint density at radius 1 is 1.28 bits per heavy atom. The Balaban J connectivity index is 1.70. The van der Waals surface area contributed by atoms with E-state index in [0.29, 0.717) is 12.5 Å². The van der Waals surface area contributed by atoms with Gasteiger partial charge in [-0.2, -0.15) is 0 Å². The maximum Gasteiger partial charge on any atom is 0.309 e. The Labute approximate surface area is 151 Å². The van der Waals surface area contributed by atoms with Crippen molar-refractivity contribution >= 4 is 11.9 Å². The zero-order valence-corrected chi connectivity index (χ0v) is 16.0. The van der Waals surface area contributed by atoms with Gasteiger partial charge in [-0.1, -0.05) is 6.92 Å². The number of ether oxygens (including phenoxy) is 2. The first-order chi connectivity index (χ1) is 12.1. The van der Waals surface area contributed by atoms with E-state index in [4.69, 9.17) is 9.47 Å². The molecule has 2 rings (SSSR count). The second kappa shape index (κ2) is 10.6. The third-order valence-corrected chi connectivity index (χ3v) is 4.91. The molecule has 1 N–H and O–H groups in total. The molecule has 1 unspecified atom stereocenters. The summed E-state index contributed by atoms with van der Waals surface area (Å²) in [5, 5.41) is 3.50. The van der Waals surface area contributed by atoms with Crippen LogP contribution in [0.3, 0.4) is 0 Å². The quantitative estimate of drug-likeness (QED) is 0.432. The lowest BCUT2D eigenvalue weighted by Crippen LogP contribution is -2.48. The molecule has 2 saturated heterocycles. The smallest absolute Gasteiger partial charge is 0.309 e. The number of nitrogens with one attached hydrogen (secondary N) is 1. The van der Waals surface area contributed by atoms with Gasteiger partial charge in [0.05, 0.1) is 25.7 Å². The summed E-state index contributed by atoms with van der Waals surface area (Å²) in [6, 6.07) is 0. The number of carbonyl (C=O) groups is 1. The Morgan fingerprint density at radius 2 is 1.96 bits per heavy atom. The Kier molecular flexibility index (Phi) is 8.48. The fraction of sp³-hybridized carbons (Fsp3) is 0.889. The molecule has 0 bridgehead atoms. The predicted octanol–water partition coefficient (Wildman–Crippen LogP) is 0.805. The molecule has 144 valence electrons. The second-order valence-corrected chi connectivity index (χ2v) is 6.96. The highest BCUT2D eigenvalue weighted by Gasteiger charge is 2.27. The Hall–Kier alpha value is -1.34. The Morgan fingerprint density at radius 3 is 2.56 bits per heavy atom. The van der Waals surface area contributed by atoms with E-state index >= 15 is 0 Å². The standard InChI is InChI=1S/C18H34N4O3/c1-4-25-17(23)16-5-7-22(8-6-16)18(19-3)20-13-15(2)14-21-9-11-24-12-10-21/h15-16H,4-14H2,1-3H3,(H,19,20). The summed E-state index contributed by atoms with van der Waals surface area (Å²) < 4.78 is 10.5. The molecule has 25 heavy (non-hydrogen) atoms. The van der Waals surface area contributed by atoms with E-state index in [-0.39, 0.29) is 11.9 Å². The third kappa shape index (κ3) is 6.47. The molecule has 2 heterocycles. The summed E-state index contributed by atoms with van der Waals surface area (Å²) in [4.78, 5) is 21.0. The third-order valence-electron chi connectivity index (χ3n) is 4.91. The number of rotatable bonds is 6. The Bertz CT molecular complexity index is 430. The highest BCUT2D eigenvalue weighted by Crippen LogP contribution is 2.18. The van der Waals surface area contributed by atoms with Gasteiger partial charge in [-0.25, -0.2) is 0 Å². The topological polar surface area (TPSA) is 66.4 Å². The average molecular weight is 354 g/mol. The van der Waals surface area contributed by atoms with Crippen molar-refractivity contribution in [3.05, 3.63) is 0 Å². The lowest BCUT2D eigenvalue weighted by molar-refractivity contribution is -0.149. The van der Waals surface area contributed by atoms with Crippen LogP contribution in [0.1, 0.15) is 26.7 Å². The van der Waals surface area contributed by atoms with E-state index in [1.54, 1.807) is 0 Å². The summed E-state index contributed by atoms with van der Waals surface area (Å²) in [5.74, 6) is 1.47. The largest absolute Gasteiger partial charge is 0.466 e. The van der Waals surface area contributed by atoms with Crippen molar-refractivity contribution in [1.82, 2.24) is 15.1 Å². The molecule has 0 aromatic heterocycles. The SMILES string of the molecule is CCOC(=O)C1CCN(C(=NC)NCC(C)CN2CCOCC2)CC1. The number of piperidine rings is 1. The van der Waals surface area contributed by atoms with Gasteiger partial charge in [0.15, 0.2) is 5.96 Å². The normalized spacial score (nSPS) is 21.9. The van der Waals surface area contributed by atoms with Crippen LogP contribution in [0.2, 0.25) is 0 Å². The van der Waals surface area contributed by atoms with Gasteiger partial charge in [0.2, 0.25) is 0 Å².